The van der Waals surface area contributed by atoms with E-state index in [-0.39, 0.29) is 12.1 Å². The van der Waals surface area contributed by atoms with Crippen molar-refractivity contribution in [2.24, 2.45) is 40.4 Å². The lowest BCUT2D eigenvalue weighted by Gasteiger charge is -2.61. The molecule has 0 saturated heterocycles. The fourth-order valence-corrected chi connectivity index (χ4v) is 8.43. The van der Waals surface area contributed by atoms with Gasteiger partial charge in [0, 0.05) is 6.08 Å². The van der Waals surface area contributed by atoms with Gasteiger partial charge in [0.1, 0.15) is 6.61 Å². The summed E-state index contributed by atoms with van der Waals surface area (Å²) in [6, 6.07) is 0. The van der Waals surface area contributed by atoms with Crippen LogP contribution in [0.25, 0.3) is 0 Å². The lowest BCUT2D eigenvalue weighted by molar-refractivity contribution is -0.135. The Morgan fingerprint density at radius 2 is 1.77 bits per heavy atom. The molecule has 1 aliphatic heterocycles. The largest absolute Gasteiger partial charge is 0.458 e. The van der Waals surface area contributed by atoms with Crippen molar-refractivity contribution in [1.29, 1.82) is 0 Å². The van der Waals surface area contributed by atoms with Crippen LogP contribution in [0.5, 0.6) is 0 Å². The first-order valence-electron chi connectivity index (χ1n) is 11.0. The Morgan fingerprint density at radius 1 is 1.00 bits per heavy atom. The number of carbonyl (C=O) groups excluding carboxylic acids is 1. The highest BCUT2D eigenvalue weighted by atomic mass is 16.5. The van der Waals surface area contributed by atoms with Crippen molar-refractivity contribution in [1.82, 2.24) is 0 Å². The van der Waals surface area contributed by atoms with Crippen LogP contribution in [0.15, 0.2) is 11.6 Å². The summed E-state index contributed by atoms with van der Waals surface area (Å²) in [5.74, 6) is 3.67. The molecule has 8 atom stereocenters. The molecule has 0 radical (unpaired) electrons. The normalized spacial score (nSPS) is 53.3. The summed E-state index contributed by atoms with van der Waals surface area (Å²) in [6.45, 7) is 5.62. The first-order chi connectivity index (χ1) is 12.4. The molecule has 0 aromatic heterocycles. The van der Waals surface area contributed by atoms with Crippen LogP contribution in [-0.2, 0) is 9.53 Å². The maximum atomic E-state index is 11.6. The molecule has 26 heavy (non-hydrogen) atoms. The summed E-state index contributed by atoms with van der Waals surface area (Å²) in [5, 5.41) is 10.2. The second kappa shape index (κ2) is 5.83. The fourth-order valence-electron chi connectivity index (χ4n) is 8.43. The van der Waals surface area contributed by atoms with Crippen molar-refractivity contribution in [2.75, 3.05) is 6.61 Å². The van der Waals surface area contributed by atoms with Crippen LogP contribution in [0.2, 0.25) is 0 Å². The van der Waals surface area contributed by atoms with Gasteiger partial charge in [-0.3, -0.25) is 0 Å². The van der Waals surface area contributed by atoms with Gasteiger partial charge >= 0.3 is 5.97 Å². The molecule has 4 fully saturated rings. The molecule has 0 bridgehead atoms. The van der Waals surface area contributed by atoms with Crippen molar-refractivity contribution in [2.45, 2.75) is 77.7 Å². The van der Waals surface area contributed by atoms with Crippen LogP contribution in [-0.4, -0.2) is 23.8 Å². The molecule has 1 N–H and O–H groups in total. The number of fused-ring (bicyclic) bond motifs is 5. The minimum absolute atomic E-state index is 0.0545. The second-order valence-electron chi connectivity index (χ2n) is 10.6. The number of carbonyl (C=O) groups is 1. The Bertz CT molecular complexity index is 639. The van der Waals surface area contributed by atoms with Crippen molar-refractivity contribution in [3.05, 3.63) is 11.6 Å². The van der Waals surface area contributed by atoms with Gasteiger partial charge in [-0.2, -0.15) is 0 Å². The molecule has 1 heterocycles. The zero-order chi connectivity index (χ0) is 18.1. The first kappa shape index (κ1) is 17.3. The number of esters is 1. The standard InChI is InChI=1S/C23H34O3/c1-22-9-7-16(24)12-15(22)3-4-17-19-6-5-18(14-11-21(25)26-13-14)23(19,2)10-8-20(17)22/h11,15-20,24H,3-10,12-13H2,1-2H3/t15-,16?,17+,18-,19-,20+,22+,23-/m1/s1. The van der Waals surface area contributed by atoms with Gasteiger partial charge in [-0.05, 0) is 104 Å². The van der Waals surface area contributed by atoms with Gasteiger partial charge in [0.15, 0.2) is 0 Å². The van der Waals surface area contributed by atoms with Crippen molar-refractivity contribution in [3.63, 3.8) is 0 Å². The molecule has 0 aromatic rings. The van der Waals surface area contributed by atoms with Crippen LogP contribution in [0.1, 0.15) is 71.6 Å². The Morgan fingerprint density at radius 3 is 2.54 bits per heavy atom. The Labute approximate surface area is 157 Å². The van der Waals surface area contributed by atoms with E-state index in [0.29, 0.717) is 23.4 Å². The Kier molecular flexibility index (Phi) is 3.88. The second-order valence-corrected chi connectivity index (χ2v) is 10.6. The van der Waals surface area contributed by atoms with Gasteiger partial charge in [-0.1, -0.05) is 13.8 Å². The molecule has 5 rings (SSSR count). The van der Waals surface area contributed by atoms with Gasteiger partial charge in [0.2, 0.25) is 0 Å². The number of hydrogen-bond donors (Lipinski definition) is 1. The molecule has 0 spiro atoms. The minimum Gasteiger partial charge on any atom is -0.458 e. The average molecular weight is 359 g/mol. The topological polar surface area (TPSA) is 46.5 Å². The number of hydrogen-bond acceptors (Lipinski definition) is 3. The number of rotatable bonds is 1. The quantitative estimate of drug-likeness (QED) is 0.703. The number of cyclic esters (lactones) is 1. The molecule has 144 valence electrons. The highest BCUT2D eigenvalue weighted by Crippen LogP contribution is 2.68. The SMILES string of the molecule is C[C@]12CCC(O)C[C@H]1CC[C@H]1[C@H]3CC[C@H](C4=CC(=O)OC4)[C@@]3(C)CC[C@@H]12. The third-order valence-electron chi connectivity index (χ3n) is 9.77. The summed E-state index contributed by atoms with van der Waals surface area (Å²) in [5.41, 5.74) is 2.09. The monoisotopic (exact) mass is 358 g/mol. The molecular formula is C23H34O3. The number of aliphatic hydroxyl groups is 1. The van der Waals surface area contributed by atoms with Gasteiger partial charge in [0.25, 0.3) is 0 Å². The van der Waals surface area contributed by atoms with Gasteiger partial charge in [-0.15, -0.1) is 0 Å². The van der Waals surface area contributed by atoms with Gasteiger partial charge < -0.3 is 9.84 Å². The van der Waals surface area contributed by atoms with Crippen LogP contribution in [0, 0.1) is 40.4 Å². The van der Waals surface area contributed by atoms with Crippen LogP contribution >= 0.6 is 0 Å². The lowest BCUT2D eigenvalue weighted by atomic mass is 9.44. The minimum atomic E-state index is -0.130. The molecule has 4 saturated carbocycles. The number of aliphatic hydroxyl groups excluding tert-OH is 1. The summed E-state index contributed by atoms with van der Waals surface area (Å²) in [4.78, 5) is 11.6. The highest BCUT2D eigenvalue weighted by molar-refractivity contribution is 5.85. The summed E-state index contributed by atoms with van der Waals surface area (Å²) >= 11 is 0. The summed E-state index contributed by atoms with van der Waals surface area (Å²) < 4.78 is 5.25. The first-order valence-corrected chi connectivity index (χ1v) is 11.0. The molecule has 3 heteroatoms. The van der Waals surface area contributed by atoms with E-state index in [4.69, 9.17) is 4.74 Å². The molecular weight excluding hydrogens is 324 g/mol. The van der Waals surface area contributed by atoms with Crippen LogP contribution < -0.4 is 0 Å². The zero-order valence-electron chi connectivity index (χ0n) is 16.4. The molecule has 0 aromatic carbocycles. The maximum absolute atomic E-state index is 11.6. The van der Waals surface area contributed by atoms with E-state index in [9.17, 15) is 9.90 Å². The average Bonchev–Trinajstić information content (AvgIpc) is 3.18. The molecule has 5 aliphatic rings. The third-order valence-corrected chi connectivity index (χ3v) is 9.77. The summed E-state index contributed by atoms with van der Waals surface area (Å²) in [6.07, 6.45) is 12.9. The van der Waals surface area contributed by atoms with Crippen LogP contribution in [0.3, 0.4) is 0 Å². The van der Waals surface area contributed by atoms with E-state index in [1.54, 1.807) is 6.08 Å². The van der Waals surface area contributed by atoms with Gasteiger partial charge in [-0.25, -0.2) is 4.79 Å². The van der Waals surface area contributed by atoms with Crippen molar-refractivity contribution >= 4 is 5.97 Å². The molecule has 4 aliphatic carbocycles. The lowest BCUT2D eigenvalue weighted by Crippen LogP contribution is -2.54. The van der Waals surface area contributed by atoms with E-state index in [2.05, 4.69) is 13.8 Å². The smallest absolute Gasteiger partial charge is 0.331 e. The highest BCUT2D eigenvalue weighted by Gasteiger charge is 2.60. The molecule has 0 amide bonds. The van der Waals surface area contributed by atoms with Crippen molar-refractivity contribution in [3.8, 4) is 0 Å². The third kappa shape index (κ3) is 2.31. The van der Waals surface area contributed by atoms with E-state index in [1.165, 1.54) is 50.5 Å². The molecule has 1 unspecified atom stereocenters. The van der Waals surface area contributed by atoms with E-state index >= 15 is 0 Å². The predicted octanol–water partition coefficient (Wildman–Crippen LogP) is 4.49. The van der Waals surface area contributed by atoms with E-state index < -0.39 is 0 Å². The Balaban J connectivity index is 1.41. The zero-order valence-corrected chi connectivity index (χ0v) is 16.4. The van der Waals surface area contributed by atoms with E-state index in [1.807, 2.05) is 0 Å². The maximum Gasteiger partial charge on any atom is 0.331 e. The molecule has 3 nitrogen and oxygen atoms in total. The van der Waals surface area contributed by atoms with Crippen molar-refractivity contribution < 1.29 is 14.6 Å². The van der Waals surface area contributed by atoms with E-state index in [0.717, 1.165) is 36.5 Å². The predicted molar refractivity (Wildman–Crippen MR) is 100 cm³/mol. The fraction of sp³-hybridized carbons (Fsp3) is 0.870. The van der Waals surface area contributed by atoms with Crippen LogP contribution in [0.4, 0.5) is 0 Å². The number of ether oxygens (including phenoxy) is 1. The Hall–Kier alpha value is -0.830. The van der Waals surface area contributed by atoms with Gasteiger partial charge in [0.05, 0.1) is 6.10 Å². The summed E-state index contributed by atoms with van der Waals surface area (Å²) in [7, 11) is 0.